The first-order valence-corrected chi connectivity index (χ1v) is 7.26. The molecule has 1 aromatic carbocycles. The third kappa shape index (κ3) is 3.24. The molecule has 2 heterocycles. The Kier molecular flexibility index (Phi) is 4.23. The van der Waals surface area contributed by atoms with Gasteiger partial charge in [0.1, 0.15) is 12.1 Å². The number of hydrogen-bond acceptors (Lipinski definition) is 6. The molecule has 0 saturated carbocycles. The number of Topliss-reactive ketones (excluding diaryl/α,β-unsaturated/α-hetero) is 1. The lowest BCUT2D eigenvalue weighted by molar-refractivity contribution is -0.121. The lowest BCUT2D eigenvalue weighted by Crippen LogP contribution is -2.35. The summed E-state index contributed by atoms with van der Waals surface area (Å²) in [5, 5.41) is 8.61. The van der Waals surface area contributed by atoms with Gasteiger partial charge in [0.25, 0.3) is 5.91 Å². The number of nitrogens with zero attached hydrogens (tertiary/aromatic N) is 3. The Morgan fingerprint density at radius 1 is 1.38 bits per heavy atom. The molecule has 0 fully saturated rings. The number of rotatable bonds is 5. The molecule has 124 valence electrons. The minimum absolute atomic E-state index is 0.0153. The van der Waals surface area contributed by atoms with E-state index in [4.69, 9.17) is 4.74 Å². The molecule has 1 aromatic heterocycles. The van der Waals surface area contributed by atoms with Crippen molar-refractivity contribution in [3.05, 3.63) is 30.1 Å². The molecule has 1 aliphatic rings. The molecule has 2 aromatic rings. The quantitative estimate of drug-likeness (QED) is 0.782. The zero-order chi connectivity index (χ0) is 17.1. The van der Waals surface area contributed by atoms with E-state index in [2.05, 4.69) is 20.5 Å². The summed E-state index contributed by atoms with van der Waals surface area (Å²) < 4.78 is 5.31. The Morgan fingerprint density at radius 2 is 2.21 bits per heavy atom. The van der Waals surface area contributed by atoms with Gasteiger partial charge in [0, 0.05) is 25.5 Å². The number of aromatic amines is 1. The van der Waals surface area contributed by atoms with Crippen molar-refractivity contribution in [2.45, 2.75) is 12.8 Å². The summed E-state index contributed by atoms with van der Waals surface area (Å²) in [6, 6.07) is 4.88. The average molecular weight is 329 g/mol. The topological polar surface area (TPSA) is 117 Å². The molecule has 0 aliphatic carbocycles. The zero-order valence-corrected chi connectivity index (χ0v) is 12.9. The maximum Gasteiger partial charge on any atom is 0.264 e. The molecule has 24 heavy (non-hydrogen) atoms. The van der Waals surface area contributed by atoms with E-state index in [9.17, 15) is 14.4 Å². The van der Waals surface area contributed by atoms with Crippen LogP contribution < -0.4 is 15.0 Å². The number of fused-ring (bicyclic) bond motifs is 1. The van der Waals surface area contributed by atoms with E-state index >= 15 is 0 Å². The molecule has 9 heteroatoms. The predicted molar refractivity (Wildman–Crippen MR) is 83.9 cm³/mol. The van der Waals surface area contributed by atoms with E-state index in [1.165, 1.54) is 11.2 Å². The van der Waals surface area contributed by atoms with Gasteiger partial charge in [-0.3, -0.25) is 19.7 Å². The zero-order valence-electron chi connectivity index (χ0n) is 12.9. The number of nitrogens with one attached hydrogen (secondary N) is 2. The average Bonchev–Trinajstić information content (AvgIpc) is 3.09. The number of aromatic nitrogens is 3. The van der Waals surface area contributed by atoms with Crippen molar-refractivity contribution in [2.75, 3.05) is 23.9 Å². The van der Waals surface area contributed by atoms with Crippen molar-refractivity contribution in [2.24, 2.45) is 0 Å². The van der Waals surface area contributed by atoms with Gasteiger partial charge in [0.2, 0.25) is 11.9 Å². The summed E-state index contributed by atoms with van der Waals surface area (Å²) in [7, 11) is 1.63. The lowest BCUT2D eigenvalue weighted by atomic mass is 10.0. The fourth-order valence-corrected chi connectivity index (χ4v) is 2.28. The molecule has 0 atom stereocenters. The number of H-pyrrole nitrogens is 1. The second-order valence-electron chi connectivity index (χ2n) is 5.23. The second kappa shape index (κ2) is 6.49. The molecular formula is C15H15N5O4. The van der Waals surface area contributed by atoms with Crippen LogP contribution in [0.2, 0.25) is 0 Å². The number of ketones is 1. The van der Waals surface area contributed by atoms with Crippen molar-refractivity contribution >= 4 is 29.2 Å². The summed E-state index contributed by atoms with van der Waals surface area (Å²) in [4.78, 5) is 40.9. The monoisotopic (exact) mass is 329 g/mol. The number of carbonyl (C=O) groups excluding carboxylic acids is 3. The minimum Gasteiger partial charge on any atom is -0.482 e. The number of benzene rings is 1. The number of anilines is 2. The van der Waals surface area contributed by atoms with Crippen LogP contribution in [0.3, 0.4) is 0 Å². The molecule has 3 rings (SSSR count). The van der Waals surface area contributed by atoms with Crippen molar-refractivity contribution in [3.8, 4) is 5.75 Å². The molecule has 2 amide bonds. The summed E-state index contributed by atoms with van der Waals surface area (Å²) in [6.07, 6.45) is 1.33. The van der Waals surface area contributed by atoms with E-state index in [-0.39, 0.29) is 43.0 Å². The van der Waals surface area contributed by atoms with Gasteiger partial charge in [-0.25, -0.2) is 5.10 Å². The highest BCUT2D eigenvalue weighted by Gasteiger charge is 2.23. The van der Waals surface area contributed by atoms with Crippen LogP contribution in [0.15, 0.2) is 24.5 Å². The van der Waals surface area contributed by atoms with Crippen LogP contribution in [0.5, 0.6) is 5.75 Å². The fourth-order valence-electron chi connectivity index (χ4n) is 2.28. The second-order valence-corrected chi connectivity index (χ2v) is 5.23. The van der Waals surface area contributed by atoms with Gasteiger partial charge < -0.3 is 9.64 Å². The maximum absolute atomic E-state index is 12.3. The van der Waals surface area contributed by atoms with Crippen LogP contribution in [-0.2, 0) is 9.59 Å². The van der Waals surface area contributed by atoms with Crippen molar-refractivity contribution in [1.82, 2.24) is 15.2 Å². The van der Waals surface area contributed by atoms with Gasteiger partial charge >= 0.3 is 0 Å². The maximum atomic E-state index is 12.3. The Labute approximate surface area is 137 Å². The molecule has 0 unspecified atom stereocenters. The van der Waals surface area contributed by atoms with Gasteiger partial charge in [-0.1, -0.05) is 0 Å². The van der Waals surface area contributed by atoms with Crippen molar-refractivity contribution in [1.29, 1.82) is 0 Å². The van der Waals surface area contributed by atoms with Crippen LogP contribution >= 0.6 is 0 Å². The minimum atomic E-state index is -0.339. The van der Waals surface area contributed by atoms with Crippen molar-refractivity contribution in [3.63, 3.8) is 0 Å². The lowest BCUT2D eigenvalue weighted by Gasteiger charge is -2.26. The Bertz CT molecular complexity index is 787. The Hall–Kier alpha value is -3.23. The molecule has 2 N–H and O–H groups in total. The van der Waals surface area contributed by atoms with E-state index in [0.717, 1.165) is 0 Å². The van der Waals surface area contributed by atoms with Gasteiger partial charge in [-0.2, -0.15) is 10.1 Å². The molecule has 0 bridgehead atoms. The highest BCUT2D eigenvalue weighted by Crippen LogP contribution is 2.32. The normalized spacial score (nSPS) is 13.2. The number of hydrogen-bond donors (Lipinski definition) is 2. The third-order valence-corrected chi connectivity index (χ3v) is 3.62. The Morgan fingerprint density at radius 3 is 2.96 bits per heavy atom. The number of likely N-dealkylation sites (N-methyl/N-ethyl adjacent to an activating group) is 1. The fraction of sp³-hybridized carbons (Fsp3) is 0.267. The molecule has 0 radical (unpaired) electrons. The molecule has 9 nitrogen and oxygen atoms in total. The van der Waals surface area contributed by atoms with E-state index in [0.29, 0.717) is 17.0 Å². The van der Waals surface area contributed by atoms with Crippen LogP contribution in [0.1, 0.15) is 23.2 Å². The highest BCUT2D eigenvalue weighted by molar-refractivity contribution is 6.03. The summed E-state index contributed by atoms with van der Waals surface area (Å²) in [5.41, 5.74) is 0.967. The van der Waals surface area contributed by atoms with E-state index < -0.39 is 0 Å². The van der Waals surface area contributed by atoms with Crippen LogP contribution in [0.25, 0.3) is 0 Å². The van der Waals surface area contributed by atoms with Crippen LogP contribution in [0, 0.1) is 0 Å². The summed E-state index contributed by atoms with van der Waals surface area (Å²) >= 11 is 0. The molecule has 1 aliphatic heterocycles. The van der Waals surface area contributed by atoms with Crippen LogP contribution in [-0.4, -0.2) is 46.4 Å². The number of amides is 2. The largest absolute Gasteiger partial charge is 0.482 e. The molecular weight excluding hydrogens is 314 g/mol. The SMILES string of the molecule is CN1C(=O)COc2ccc(C(=O)CCC(=O)Nc3ncn[nH]3)cc21. The first kappa shape index (κ1) is 15.7. The number of ether oxygens (including phenoxy) is 1. The molecule has 0 saturated heterocycles. The molecule has 0 spiro atoms. The highest BCUT2D eigenvalue weighted by atomic mass is 16.5. The summed E-state index contributed by atoms with van der Waals surface area (Å²) in [6.45, 7) is -0.0153. The first-order valence-electron chi connectivity index (χ1n) is 7.26. The predicted octanol–water partition coefficient (Wildman–Crippen LogP) is 0.761. The van der Waals surface area contributed by atoms with Crippen molar-refractivity contribution < 1.29 is 19.1 Å². The summed E-state index contributed by atoms with van der Waals surface area (Å²) in [5.74, 6) is 0.0689. The smallest absolute Gasteiger partial charge is 0.264 e. The van der Waals surface area contributed by atoms with E-state index in [1.807, 2.05) is 0 Å². The van der Waals surface area contributed by atoms with Gasteiger partial charge in [-0.05, 0) is 18.2 Å². The van der Waals surface area contributed by atoms with Crippen LogP contribution in [0.4, 0.5) is 11.6 Å². The third-order valence-electron chi connectivity index (χ3n) is 3.62. The van der Waals surface area contributed by atoms with E-state index in [1.54, 1.807) is 25.2 Å². The van der Waals surface area contributed by atoms with Gasteiger partial charge in [0.05, 0.1) is 5.69 Å². The van der Waals surface area contributed by atoms with Gasteiger partial charge in [0.15, 0.2) is 12.4 Å². The van der Waals surface area contributed by atoms with Gasteiger partial charge in [-0.15, -0.1) is 0 Å². The standard InChI is InChI=1S/C15H15N5O4/c1-20-10-6-9(2-4-12(10)24-7-14(20)23)11(21)3-5-13(22)18-15-16-8-17-19-15/h2,4,6,8H,3,5,7H2,1H3,(H2,16,17,18,19,22). The first-order chi connectivity index (χ1) is 11.5. The number of carbonyl (C=O) groups is 3. The Balaban J connectivity index is 1.63.